The average Bonchev–Trinajstić information content (AvgIpc) is 3.28. The molecule has 3 aromatic carbocycles. The number of rotatable bonds is 8. The number of para-hydroxylation sites is 1. The van der Waals surface area contributed by atoms with E-state index >= 15 is 4.39 Å². The predicted octanol–water partition coefficient (Wildman–Crippen LogP) is 6.86. The molecule has 0 aliphatic carbocycles. The molecule has 5 rings (SSSR count). The number of nitro benzene ring substituents is 1. The fraction of sp³-hybridized carbons (Fsp3) is 0.472. The van der Waals surface area contributed by atoms with Gasteiger partial charge in [0.15, 0.2) is 22.6 Å². The molecule has 0 N–H and O–H groups in total. The van der Waals surface area contributed by atoms with E-state index in [0.717, 1.165) is 39.8 Å². The van der Waals surface area contributed by atoms with Crippen molar-refractivity contribution in [2.75, 3.05) is 26.3 Å². The lowest BCUT2D eigenvalue weighted by atomic mass is 9.79. The molecule has 2 aliphatic heterocycles. The lowest BCUT2D eigenvalue weighted by molar-refractivity contribution is -0.387. The molecule has 0 spiro atoms. The predicted molar refractivity (Wildman–Crippen MR) is 179 cm³/mol. The summed E-state index contributed by atoms with van der Waals surface area (Å²) in [6, 6.07) is 6.79. The van der Waals surface area contributed by atoms with Crippen molar-refractivity contribution in [2.45, 2.75) is 90.7 Å². The van der Waals surface area contributed by atoms with Crippen LogP contribution in [0.4, 0.5) is 10.1 Å². The van der Waals surface area contributed by atoms with E-state index in [2.05, 4.69) is 0 Å². The second-order valence-corrected chi connectivity index (χ2v) is 15.2. The van der Waals surface area contributed by atoms with Gasteiger partial charge in [0.25, 0.3) is 5.69 Å². The number of esters is 1. The Kier molecular flexibility index (Phi) is 10.0. The van der Waals surface area contributed by atoms with E-state index in [0.29, 0.717) is 36.1 Å². The maximum Gasteiger partial charge on any atom is 0.339 e. The summed E-state index contributed by atoms with van der Waals surface area (Å²) in [5.74, 6) is -0.823. The molecule has 10 nitrogen and oxygen atoms in total. The highest BCUT2D eigenvalue weighted by atomic mass is 32.2. The van der Waals surface area contributed by atoms with Gasteiger partial charge in [-0.3, -0.25) is 10.1 Å². The third kappa shape index (κ3) is 6.57. The van der Waals surface area contributed by atoms with Crippen molar-refractivity contribution in [1.82, 2.24) is 4.31 Å². The minimum atomic E-state index is -4.23. The Labute approximate surface area is 281 Å². The largest absolute Gasteiger partial charge is 0.490 e. The standard InChI is InChI=1S/C36H43FN2O8S/c1-8-45-35(40)34(47-36(5,6)7)32-23(4)25-16-18-38(48(43,44)30-14-10-9-13-29(30)39(41)42)17-15-24(25)22(3)31(32)27-20-28(37)33-26(21(27)2)12-11-19-46-33/h9-10,13-14,20,34H,8,11-12,15-19H2,1-7H3/t34-/m0/s1. The lowest BCUT2D eigenvalue weighted by Crippen LogP contribution is -2.33. The van der Waals surface area contributed by atoms with Gasteiger partial charge in [0, 0.05) is 30.3 Å². The summed E-state index contributed by atoms with van der Waals surface area (Å²) in [6.07, 6.45) is 0.811. The van der Waals surface area contributed by atoms with Crippen LogP contribution in [-0.4, -0.2) is 55.5 Å². The van der Waals surface area contributed by atoms with Gasteiger partial charge in [-0.15, -0.1) is 0 Å². The smallest absolute Gasteiger partial charge is 0.339 e. The number of nitrogens with zero attached hydrogens (tertiary/aromatic N) is 2. The Morgan fingerprint density at radius 1 is 1.04 bits per heavy atom. The summed E-state index contributed by atoms with van der Waals surface area (Å²) in [5.41, 5.74) is 5.42. The zero-order chi connectivity index (χ0) is 35.1. The van der Waals surface area contributed by atoms with Crippen molar-refractivity contribution >= 4 is 21.7 Å². The van der Waals surface area contributed by atoms with E-state index in [1.807, 2.05) is 41.5 Å². The number of carbonyl (C=O) groups excluding carboxylic acids is 1. The summed E-state index contributed by atoms with van der Waals surface area (Å²) >= 11 is 0. The van der Waals surface area contributed by atoms with E-state index in [9.17, 15) is 23.3 Å². The minimum Gasteiger partial charge on any atom is -0.490 e. The molecule has 12 heteroatoms. The van der Waals surface area contributed by atoms with Gasteiger partial charge < -0.3 is 14.2 Å². The van der Waals surface area contributed by atoms with Crippen LogP contribution in [0, 0.1) is 36.7 Å². The first-order chi connectivity index (χ1) is 22.6. The summed E-state index contributed by atoms with van der Waals surface area (Å²) in [5, 5.41) is 11.7. The van der Waals surface area contributed by atoms with Crippen molar-refractivity contribution in [3.8, 4) is 16.9 Å². The summed E-state index contributed by atoms with van der Waals surface area (Å²) in [7, 11) is -4.23. The number of fused-ring (bicyclic) bond motifs is 2. The zero-order valence-electron chi connectivity index (χ0n) is 28.6. The maximum atomic E-state index is 15.8. The van der Waals surface area contributed by atoms with Crippen LogP contribution in [0.5, 0.6) is 5.75 Å². The van der Waals surface area contributed by atoms with Crippen LogP contribution in [0.15, 0.2) is 35.2 Å². The van der Waals surface area contributed by atoms with Crippen LogP contribution in [0.3, 0.4) is 0 Å². The number of sulfonamides is 1. The zero-order valence-corrected chi connectivity index (χ0v) is 29.4. The van der Waals surface area contributed by atoms with Crippen LogP contribution in [-0.2, 0) is 43.6 Å². The Morgan fingerprint density at radius 2 is 1.69 bits per heavy atom. The van der Waals surface area contributed by atoms with E-state index in [4.69, 9.17) is 14.2 Å². The van der Waals surface area contributed by atoms with Gasteiger partial charge in [0.1, 0.15) is 0 Å². The Hall–Kier alpha value is -3.87. The maximum absolute atomic E-state index is 15.8. The molecule has 2 heterocycles. The first kappa shape index (κ1) is 35.4. The minimum absolute atomic E-state index is 0.0640. The topological polar surface area (TPSA) is 125 Å². The van der Waals surface area contributed by atoms with Crippen LogP contribution in [0.2, 0.25) is 0 Å². The third-order valence-corrected chi connectivity index (χ3v) is 11.1. The van der Waals surface area contributed by atoms with Gasteiger partial charge in [-0.05, 0) is 125 Å². The molecule has 0 unspecified atom stereocenters. The Bertz CT molecular complexity index is 1880. The summed E-state index contributed by atoms with van der Waals surface area (Å²) in [6.45, 7) is 13.7. The monoisotopic (exact) mass is 682 g/mol. The molecule has 0 radical (unpaired) electrons. The Balaban J connectivity index is 1.74. The molecule has 0 saturated heterocycles. The fourth-order valence-electron chi connectivity index (χ4n) is 7.01. The average molecular weight is 683 g/mol. The first-order valence-corrected chi connectivity index (χ1v) is 17.7. The van der Waals surface area contributed by atoms with Crippen molar-refractivity contribution in [2.24, 2.45) is 0 Å². The normalized spacial score (nSPS) is 15.9. The van der Waals surface area contributed by atoms with Gasteiger partial charge in [-0.25, -0.2) is 17.6 Å². The second-order valence-electron chi connectivity index (χ2n) is 13.3. The van der Waals surface area contributed by atoms with Crippen LogP contribution in [0.25, 0.3) is 11.1 Å². The quantitative estimate of drug-likeness (QED) is 0.143. The number of benzene rings is 3. The van der Waals surface area contributed by atoms with Crippen molar-refractivity contribution in [1.29, 1.82) is 0 Å². The van der Waals surface area contributed by atoms with Gasteiger partial charge >= 0.3 is 5.97 Å². The molecular formula is C36H43FN2O8S. The molecule has 0 saturated carbocycles. The number of ether oxygens (including phenoxy) is 3. The number of carbonyl (C=O) groups is 1. The van der Waals surface area contributed by atoms with Crippen LogP contribution < -0.4 is 4.74 Å². The fourth-order valence-corrected chi connectivity index (χ4v) is 8.61. The number of nitro groups is 1. The van der Waals surface area contributed by atoms with E-state index < -0.39 is 44.1 Å². The second kappa shape index (κ2) is 13.6. The lowest BCUT2D eigenvalue weighted by Gasteiger charge is -2.32. The highest BCUT2D eigenvalue weighted by Crippen LogP contribution is 2.46. The summed E-state index contributed by atoms with van der Waals surface area (Å²) < 4.78 is 62.5. The van der Waals surface area contributed by atoms with Gasteiger partial charge in [-0.1, -0.05) is 12.1 Å². The van der Waals surface area contributed by atoms with Gasteiger partial charge in [0.2, 0.25) is 10.0 Å². The van der Waals surface area contributed by atoms with Crippen molar-refractivity contribution < 1.29 is 36.7 Å². The molecule has 0 aromatic heterocycles. The van der Waals surface area contributed by atoms with Crippen molar-refractivity contribution in [3.05, 3.63) is 85.2 Å². The van der Waals surface area contributed by atoms with E-state index in [1.165, 1.54) is 34.6 Å². The first-order valence-electron chi connectivity index (χ1n) is 16.3. The number of hydrogen-bond acceptors (Lipinski definition) is 8. The molecule has 2 aliphatic rings. The van der Waals surface area contributed by atoms with Gasteiger partial charge in [0.05, 0.1) is 23.7 Å². The molecule has 48 heavy (non-hydrogen) atoms. The Morgan fingerprint density at radius 3 is 2.31 bits per heavy atom. The van der Waals surface area contributed by atoms with Gasteiger partial charge in [-0.2, -0.15) is 4.31 Å². The van der Waals surface area contributed by atoms with Crippen LogP contribution >= 0.6 is 0 Å². The molecule has 0 amide bonds. The van der Waals surface area contributed by atoms with E-state index in [-0.39, 0.29) is 36.8 Å². The molecule has 0 bridgehead atoms. The number of halogens is 1. The molecule has 0 fully saturated rings. The molecular weight excluding hydrogens is 639 g/mol. The third-order valence-electron chi connectivity index (χ3n) is 9.16. The van der Waals surface area contributed by atoms with Crippen LogP contribution in [0.1, 0.15) is 79.2 Å². The van der Waals surface area contributed by atoms with E-state index in [1.54, 1.807) is 6.92 Å². The number of hydrogen-bond donors (Lipinski definition) is 0. The molecule has 258 valence electrons. The molecule has 1 atom stereocenters. The summed E-state index contributed by atoms with van der Waals surface area (Å²) in [4.78, 5) is 24.4. The molecule has 3 aromatic rings. The highest BCUT2D eigenvalue weighted by Gasteiger charge is 2.38. The highest BCUT2D eigenvalue weighted by molar-refractivity contribution is 7.89. The SMILES string of the molecule is CCOC(=O)[C@@H](OC(C)(C)C)c1c(C)c2c(c(C)c1-c1cc(F)c3c(c1C)CCCO3)CCN(S(=O)(=O)c1ccccc1[N+](=O)[O-])CC2. The van der Waals surface area contributed by atoms with Crippen molar-refractivity contribution in [3.63, 3.8) is 0 Å².